The van der Waals surface area contributed by atoms with Crippen molar-refractivity contribution in [3.05, 3.63) is 0 Å². The van der Waals surface area contributed by atoms with Gasteiger partial charge in [-0.15, -0.1) is 0 Å². The van der Waals surface area contributed by atoms with Crippen LogP contribution in [0.3, 0.4) is 0 Å². The maximum atomic E-state index is 10.0. The third-order valence-electron chi connectivity index (χ3n) is 2.70. The molecule has 0 spiro atoms. The number of rotatable bonds is 4. The van der Waals surface area contributed by atoms with Gasteiger partial charge in [-0.05, 0) is 12.3 Å². The van der Waals surface area contributed by atoms with Gasteiger partial charge in [-0.1, -0.05) is 6.92 Å². The van der Waals surface area contributed by atoms with Crippen molar-refractivity contribution in [1.29, 1.82) is 0 Å². The molecule has 0 saturated carbocycles. The van der Waals surface area contributed by atoms with Crippen molar-refractivity contribution in [2.45, 2.75) is 25.4 Å². The molecule has 1 aliphatic rings. The Bertz CT molecular complexity index is 130. The highest BCUT2D eigenvalue weighted by Gasteiger charge is 2.37. The van der Waals surface area contributed by atoms with Gasteiger partial charge in [0, 0.05) is 26.7 Å². The second-order valence-electron chi connectivity index (χ2n) is 3.59. The lowest BCUT2D eigenvalue weighted by Crippen LogP contribution is -2.37. The van der Waals surface area contributed by atoms with E-state index in [0.717, 1.165) is 12.8 Å². The second kappa shape index (κ2) is 4.21. The van der Waals surface area contributed by atoms with Gasteiger partial charge in [-0.25, -0.2) is 0 Å². The molecule has 12 heavy (non-hydrogen) atoms. The summed E-state index contributed by atoms with van der Waals surface area (Å²) in [4.78, 5) is 0. The number of ether oxygens (including phenoxy) is 2. The van der Waals surface area contributed by atoms with Crippen LogP contribution in [0.25, 0.3) is 0 Å². The van der Waals surface area contributed by atoms with Crippen molar-refractivity contribution in [1.82, 2.24) is 0 Å². The molecule has 2 unspecified atom stereocenters. The van der Waals surface area contributed by atoms with Crippen LogP contribution in [0.1, 0.15) is 19.8 Å². The summed E-state index contributed by atoms with van der Waals surface area (Å²) in [6, 6.07) is 0. The molecule has 3 nitrogen and oxygen atoms in total. The average molecular weight is 174 g/mol. The van der Waals surface area contributed by atoms with Crippen LogP contribution in [-0.4, -0.2) is 37.6 Å². The zero-order chi connectivity index (χ0) is 9.03. The summed E-state index contributed by atoms with van der Waals surface area (Å²) in [5, 5.41) is 10.0. The SMILES string of the molecule is COCCC(C)C1(O)CCOC1. The fraction of sp³-hybridized carbons (Fsp3) is 1.00. The summed E-state index contributed by atoms with van der Waals surface area (Å²) in [6.45, 7) is 3.93. The zero-order valence-electron chi connectivity index (χ0n) is 7.88. The summed E-state index contributed by atoms with van der Waals surface area (Å²) in [7, 11) is 1.68. The molecule has 1 saturated heterocycles. The van der Waals surface area contributed by atoms with E-state index in [1.807, 2.05) is 6.92 Å². The van der Waals surface area contributed by atoms with Crippen LogP contribution in [0.15, 0.2) is 0 Å². The molecule has 0 bridgehead atoms. The zero-order valence-corrected chi connectivity index (χ0v) is 7.88. The molecule has 0 amide bonds. The number of hydrogen-bond acceptors (Lipinski definition) is 3. The van der Waals surface area contributed by atoms with E-state index in [1.54, 1.807) is 7.11 Å². The van der Waals surface area contributed by atoms with Crippen molar-refractivity contribution in [2.24, 2.45) is 5.92 Å². The molecule has 1 fully saturated rings. The van der Waals surface area contributed by atoms with E-state index in [0.29, 0.717) is 19.8 Å². The molecular formula is C9H18O3. The van der Waals surface area contributed by atoms with Crippen molar-refractivity contribution < 1.29 is 14.6 Å². The quantitative estimate of drug-likeness (QED) is 0.685. The Kier molecular flexibility index (Phi) is 3.50. The van der Waals surface area contributed by atoms with Crippen molar-refractivity contribution >= 4 is 0 Å². The maximum absolute atomic E-state index is 10.0. The number of methoxy groups -OCH3 is 1. The standard InChI is InChI=1S/C9H18O3/c1-8(3-5-11-2)9(10)4-6-12-7-9/h8,10H,3-7H2,1-2H3. The Hall–Kier alpha value is -0.120. The molecule has 0 radical (unpaired) electrons. The van der Waals surface area contributed by atoms with E-state index < -0.39 is 5.60 Å². The molecule has 0 aromatic rings. The molecule has 1 heterocycles. The minimum absolute atomic E-state index is 0.264. The fourth-order valence-electron chi connectivity index (χ4n) is 1.52. The Labute approximate surface area is 73.7 Å². The van der Waals surface area contributed by atoms with Gasteiger partial charge < -0.3 is 14.6 Å². The van der Waals surface area contributed by atoms with Gasteiger partial charge in [-0.3, -0.25) is 0 Å². The Morgan fingerprint density at radius 1 is 1.67 bits per heavy atom. The summed E-state index contributed by atoms with van der Waals surface area (Å²) in [5.74, 6) is 0.264. The van der Waals surface area contributed by atoms with Crippen molar-refractivity contribution in [3.63, 3.8) is 0 Å². The third kappa shape index (κ3) is 2.19. The first-order chi connectivity index (χ1) is 5.69. The van der Waals surface area contributed by atoms with Gasteiger partial charge in [0.1, 0.15) is 0 Å². The predicted molar refractivity (Wildman–Crippen MR) is 46.0 cm³/mol. The smallest absolute Gasteiger partial charge is 0.0928 e. The fourth-order valence-corrected chi connectivity index (χ4v) is 1.52. The van der Waals surface area contributed by atoms with Crippen LogP contribution in [0.4, 0.5) is 0 Å². The monoisotopic (exact) mass is 174 g/mol. The molecule has 1 N–H and O–H groups in total. The van der Waals surface area contributed by atoms with Gasteiger partial charge in [0.05, 0.1) is 12.2 Å². The van der Waals surface area contributed by atoms with Crippen molar-refractivity contribution in [3.8, 4) is 0 Å². The number of hydrogen-bond donors (Lipinski definition) is 1. The second-order valence-corrected chi connectivity index (χ2v) is 3.59. The van der Waals surface area contributed by atoms with E-state index in [2.05, 4.69) is 0 Å². The normalized spacial score (nSPS) is 32.2. The predicted octanol–water partition coefficient (Wildman–Crippen LogP) is 0.810. The topological polar surface area (TPSA) is 38.7 Å². The van der Waals surface area contributed by atoms with Crippen molar-refractivity contribution in [2.75, 3.05) is 26.9 Å². The van der Waals surface area contributed by atoms with E-state index in [4.69, 9.17) is 9.47 Å². The minimum Gasteiger partial charge on any atom is -0.387 e. The molecule has 0 aliphatic carbocycles. The lowest BCUT2D eigenvalue weighted by molar-refractivity contribution is -0.0281. The van der Waals surface area contributed by atoms with E-state index in [1.165, 1.54) is 0 Å². The van der Waals surface area contributed by atoms with Crippen LogP contribution < -0.4 is 0 Å². The minimum atomic E-state index is -0.599. The van der Waals surface area contributed by atoms with Gasteiger partial charge >= 0.3 is 0 Å². The molecule has 1 aliphatic heterocycles. The highest BCUT2D eigenvalue weighted by atomic mass is 16.5. The molecular weight excluding hydrogens is 156 g/mol. The highest BCUT2D eigenvalue weighted by molar-refractivity contribution is 4.87. The summed E-state index contributed by atoms with van der Waals surface area (Å²) in [5.41, 5.74) is -0.599. The molecule has 0 aromatic carbocycles. The van der Waals surface area contributed by atoms with Crippen LogP contribution in [0, 0.1) is 5.92 Å². The van der Waals surface area contributed by atoms with E-state index in [9.17, 15) is 5.11 Å². The Morgan fingerprint density at radius 3 is 2.92 bits per heavy atom. The van der Waals surface area contributed by atoms with E-state index in [-0.39, 0.29) is 5.92 Å². The average Bonchev–Trinajstić information content (AvgIpc) is 2.49. The Balaban J connectivity index is 2.33. The molecule has 1 rings (SSSR count). The van der Waals surface area contributed by atoms with Crippen LogP contribution >= 0.6 is 0 Å². The lowest BCUT2D eigenvalue weighted by atomic mass is 9.86. The number of aliphatic hydroxyl groups is 1. The molecule has 3 heteroatoms. The first-order valence-electron chi connectivity index (χ1n) is 4.48. The molecule has 0 aromatic heterocycles. The maximum Gasteiger partial charge on any atom is 0.0928 e. The van der Waals surface area contributed by atoms with Gasteiger partial charge in [0.2, 0.25) is 0 Å². The first-order valence-corrected chi connectivity index (χ1v) is 4.48. The van der Waals surface area contributed by atoms with Crippen LogP contribution in [0.2, 0.25) is 0 Å². The summed E-state index contributed by atoms with van der Waals surface area (Å²) < 4.78 is 10.1. The highest BCUT2D eigenvalue weighted by Crippen LogP contribution is 2.29. The van der Waals surface area contributed by atoms with Gasteiger partial charge in [0.15, 0.2) is 0 Å². The van der Waals surface area contributed by atoms with Gasteiger partial charge in [0.25, 0.3) is 0 Å². The van der Waals surface area contributed by atoms with Crippen LogP contribution in [-0.2, 0) is 9.47 Å². The first kappa shape index (κ1) is 9.96. The lowest BCUT2D eigenvalue weighted by Gasteiger charge is -2.27. The molecule has 72 valence electrons. The summed E-state index contributed by atoms with van der Waals surface area (Å²) in [6.07, 6.45) is 1.66. The van der Waals surface area contributed by atoms with Crippen LogP contribution in [0.5, 0.6) is 0 Å². The van der Waals surface area contributed by atoms with Gasteiger partial charge in [-0.2, -0.15) is 0 Å². The summed E-state index contributed by atoms with van der Waals surface area (Å²) >= 11 is 0. The van der Waals surface area contributed by atoms with E-state index >= 15 is 0 Å². The Morgan fingerprint density at radius 2 is 2.42 bits per heavy atom. The largest absolute Gasteiger partial charge is 0.387 e. The third-order valence-corrected chi connectivity index (χ3v) is 2.70. The molecule has 2 atom stereocenters.